The van der Waals surface area contributed by atoms with Gasteiger partial charge in [-0.15, -0.1) is 0 Å². The lowest BCUT2D eigenvalue weighted by Gasteiger charge is -2.25. The number of halogens is 1. The molecule has 1 aliphatic carbocycles. The third-order valence-electron chi connectivity index (χ3n) is 3.72. The third kappa shape index (κ3) is 5.14. The quantitative estimate of drug-likeness (QED) is 0.718. The second-order valence-electron chi connectivity index (χ2n) is 6.00. The Morgan fingerprint density at radius 2 is 1.85 bits per heavy atom. The van der Waals surface area contributed by atoms with Crippen molar-refractivity contribution >= 4 is 5.97 Å². The summed E-state index contributed by atoms with van der Waals surface area (Å²) in [5.74, 6) is -0.231. The summed E-state index contributed by atoms with van der Waals surface area (Å²) in [4.78, 5) is 12.0. The van der Waals surface area contributed by atoms with Crippen LogP contribution in [0.15, 0.2) is 30.3 Å². The van der Waals surface area contributed by atoms with Crippen molar-refractivity contribution in [2.24, 2.45) is 0 Å². The molecule has 1 aliphatic rings. The van der Waals surface area contributed by atoms with E-state index in [4.69, 9.17) is 4.74 Å². The minimum Gasteiger partial charge on any atom is -1.00 e. The van der Waals surface area contributed by atoms with E-state index in [2.05, 4.69) is 5.32 Å². The Morgan fingerprint density at radius 1 is 1.25 bits per heavy atom. The van der Waals surface area contributed by atoms with Crippen LogP contribution in [0.25, 0.3) is 0 Å². The Morgan fingerprint density at radius 3 is 2.45 bits per heavy atom. The van der Waals surface area contributed by atoms with Gasteiger partial charge in [-0.25, -0.2) is 4.79 Å². The van der Waals surface area contributed by atoms with E-state index >= 15 is 0 Å². The van der Waals surface area contributed by atoms with E-state index in [0.29, 0.717) is 5.56 Å². The van der Waals surface area contributed by atoms with Crippen LogP contribution in [0.3, 0.4) is 0 Å². The van der Waals surface area contributed by atoms with Gasteiger partial charge in [-0.1, -0.05) is 18.2 Å². The molecule has 4 heteroatoms. The summed E-state index contributed by atoms with van der Waals surface area (Å²) in [6.07, 6.45) is 5.27. The predicted molar refractivity (Wildman–Crippen MR) is 75.0 cm³/mol. The van der Waals surface area contributed by atoms with Gasteiger partial charge in [0.05, 0.1) is 11.6 Å². The maximum absolute atomic E-state index is 12.0. The van der Waals surface area contributed by atoms with E-state index in [-0.39, 0.29) is 18.4 Å². The van der Waals surface area contributed by atoms with Gasteiger partial charge in [0.2, 0.25) is 0 Å². The van der Waals surface area contributed by atoms with Crippen LogP contribution in [0, 0.1) is 0 Å². The number of hydrogen-bond acceptors (Lipinski definition) is 2. The average molecular weight is 298 g/mol. The first-order valence-electron chi connectivity index (χ1n) is 7.18. The highest BCUT2D eigenvalue weighted by atomic mass is 35.5. The van der Waals surface area contributed by atoms with Crippen LogP contribution in [0.1, 0.15) is 49.9 Å². The molecule has 0 spiro atoms. The molecule has 0 heterocycles. The standard InChI is InChI=1S/C16H23NO2.ClH/c1-16(2,12-17-14-10-6-7-11-14)19-15(18)13-8-4-3-5-9-13;/h3-5,8-9,14,17H,6-7,10-12H2,1-2H3;1H. The summed E-state index contributed by atoms with van der Waals surface area (Å²) < 4.78 is 5.61. The lowest BCUT2D eigenvalue weighted by Crippen LogP contribution is -3.00. The lowest BCUT2D eigenvalue weighted by molar-refractivity contribution is -0.697. The minimum absolute atomic E-state index is 0. The van der Waals surface area contributed by atoms with Gasteiger partial charge in [0.25, 0.3) is 0 Å². The summed E-state index contributed by atoms with van der Waals surface area (Å²) in [6, 6.07) is 9.91. The van der Waals surface area contributed by atoms with Crippen LogP contribution >= 0.6 is 0 Å². The molecule has 3 nitrogen and oxygen atoms in total. The van der Waals surface area contributed by atoms with Crippen molar-refractivity contribution in [1.82, 2.24) is 0 Å². The molecular formula is C16H24ClNO2. The first-order valence-corrected chi connectivity index (χ1v) is 7.18. The minimum atomic E-state index is -0.421. The fourth-order valence-corrected chi connectivity index (χ4v) is 2.57. The number of hydrogen-bond donors (Lipinski definition) is 1. The number of nitrogens with two attached hydrogens (primary N) is 1. The topological polar surface area (TPSA) is 42.9 Å². The molecule has 112 valence electrons. The van der Waals surface area contributed by atoms with Crippen molar-refractivity contribution in [1.29, 1.82) is 0 Å². The third-order valence-corrected chi connectivity index (χ3v) is 3.72. The van der Waals surface area contributed by atoms with Gasteiger partial charge in [-0.3, -0.25) is 0 Å². The Balaban J connectivity index is 0.00000200. The molecule has 1 aromatic rings. The zero-order chi connectivity index (χ0) is 13.7. The number of esters is 1. The normalized spacial score (nSPS) is 15.7. The first kappa shape index (κ1) is 17.0. The molecule has 0 saturated heterocycles. The van der Waals surface area contributed by atoms with Gasteiger partial charge in [0.1, 0.15) is 6.54 Å². The van der Waals surface area contributed by atoms with Gasteiger partial charge in [-0.05, 0) is 51.7 Å². The van der Waals surface area contributed by atoms with E-state index in [1.165, 1.54) is 25.7 Å². The van der Waals surface area contributed by atoms with Crippen molar-refractivity contribution in [2.75, 3.05) is 6.54 Å². The molecule has 0 amide bonds. The largest absolute Gasteiger partial charge is 1.00 e. The fraction of sp³-hybridized carbons (Fsp3) is 0.562. The Labute approximate surface area is 127 Å². The maximum Gasteiger partial charge on any atom is 0.338 e. The summed E-state index contributed by atoms with van der Waals surface area (Å²) in [7, 11) is 0. The molecule has 0 radical (unpaired) electrons. The highest BCUT2D eigenvalue weighted by Gasteiger charge is 2.28. The van der Waals surface area contributed by atoms with Crippen LogP contribution in [-0.2, 0) is 4.74 Å². The molecule has 1 saturated carbocycles. The molecule has 20 heavy (non-hydrogen) atoms. The van der Waals surface area contributed by atoms with E-state index < -0.39 is 5.60 Å². The summed E-state index contributed by atoms with van der Waals surface area (Å²) >= 11 is 0. The first-order chi connectivity index (χ1) is 9.07. The molecule has 0 unspecified atom stereocenters. The highest BCUT2D eigenvalue weighted by Crippen LogP contribution is 2.15. The molecule has 0 aliphatic heterocycles. The summed E-state index contributed by atoms with van der Waals surface area (Å²) in [6.45, 7) is 4.80. The van der Waals surface area contributed by atoms with Crippen molar-refractivity contribution in [3.05, 3.63) is 35.9 Å². The summed E-state index contributed by atoms with van der Waals surface area (Å²) in [5, 5.41) is 2.34. The van der Waals surface area contributed by atoms with E-state index in [1.807, 2.05) is 32.0 Å². The molecule has 0 aromatic heterocycles. The smallest absolute Gasteiger partial charge is 0.338 e. The Bertz CT molecular complexity index is 414. The Kier molecular flexibility index (Phi) is 6.50. The maximum atomic E-state index is 12.0. The summed E-state index contributed by atoms with van der Waals surface area (Å²) in [5.41, 5.74) is 0.201. The molecule has 1 fully saturated rings. The van der Waals surface area contributed by atoms with Gasteiger partial charge >= 0.3 is 5.97 Å². The van der Waals surface area contributed by atoms with Crippen molar-refractivity contribution in [3.63, 3.8) is 0 Å². The van der Waals surface area contributed by atoms with Crippen LogP contribution in [0.5, 0.6) is 0 Å². The second-order valence-corrected chi connectivity index (χ2v) is 6.00. The van der Waals surface area contributed by atoms with Crippen LogP contribution in [0.2, 0.25) is 0 Å². The number of rotatable bonds is 5. The second kappa shape index (κ2) is 7.65. The fourth-order valence-electron chi connectivity index (χ4n) is 2.57. The van der Waals surface area contributed by atoms with Crippen LogP contribution in [0.4, 0.5) is 0 Å². The highest BCUT2D eigenvalue weighted by molar-refractivity contribution is 5.89. The van der Waals surface area contributed by atoms with Gasteiger partial charge in [0, 0.05) is 0 Å². The van der Waals surface area contributed by atoms with Crippen molar-refractivity contribution in [2.45, 2.75) is 51.2 Å². The number of ether oxygens (including phenoxy) is 1. The molecule has 0 atom stereocenters. The van der Waals surface area contributed by atoms with Gasteiger partial charge < -0.3 is 22.5 Å². The molecular weight excluding hydrogens is 274 g/mol. The number of carbonyl (C=O) groups is 1. The monoisotopic (exact) mass is 297 g/mol. The molecule has 2 rings (SSSR count). The van der Waals surface area contributed by atoms with Crippen molar-refractivity contribution < 1.29 is 27.3 Å². The SMILES string of the molecule is CC(C)(C[NH2+]C1CCCC1)OC(=O)c1ccccc1.[Cl-]. The number of carbonyl (C=O) groups excluding carboxylic acids is 1. The van der Waals surface area contributed by atoms with Crippen LogP contribution in [-0.4, -0.2) is 24.2 Å². The average Bonchev–Trinajstić information content (AvgIpc) is 2.90. The van der Waals surface area contributed by atoms with Gasteiger partial charge in [0.15, 0.2) is 5.60 Å². The van der Waals surface area contributed by atoms with Crippen molar-refractivity contribution in [3.8, 4) is 0 Å². The number of benzene rings is 1. The lowest BCUT2D eigenvalue weighted by atomic mass is 10.1. The number of quaternary nitrogens is 1. The molecule has 1 aromatic carbocycles. The van der Waals surface area contributed by atoms with Crippen LogP contribution < -0.4 is 17.7 Å². The van der Waals surface area contributed by atoms with Gasteiger partial charge in [-0.2, -0.15) is 0 Å². The zero-order valence-electron chi connectivity index (χ0n) is 12.3. The molecule has 2 N–H and O–H groups in total. The Hall–Kier alpha value is -1.06. The molecule has 0 bridgehead atoms. The van der Waals surface area contributed by atoms with E-state index in [1.54, 1.807) is 12.1 Å². The predicted octanol–water partition coefficient (Wildman–Crippen LogP) is -0.868. The van der Waals surface area contributed by atoms with E-state index in [0.717, 1.165) is 12.6 Å². The zero-order valence-corrected chi connectivity index (χ0v) is 13.0. The van der Waals surface area contributed by atoms with E-state index in [9.17, 15) is 4.79 Å².